The fourth-order valence-corrected chi connectivity index (χ4v) is 3.19. The predicted molar refractivity (Wildman–Crippen MR) is 91.9 cm³/mol. The first-order chi connectivity index (χ1) is 11.5. The maximum Gasteiger partial charge on any atom is 0.258 e. The Labute approximate surface area is 144 Å². The molecule has 24 heavy (non-hydrogen) atoms. The number of aryl methyl sites for hydroxylation is 1. The second kappa shape index (κ2) is 6.06. The number of rotatable bonds is 2. The van der Waals surface area contributed by atoms with Crippen LogP contribution in [0.1, 0.15) is 29.7 Å². The molecule has 1 aliphatic heterocycles. The molecule has 2 aromatic rings. The van der Waals surface area contributed by atoms with Crippen molar-refractivity contribution in [2.45, 2.75) is 26.3 Å². The van der Waals surface area contributed by atoms with E-state index in [1.54, 1.807) is 34.9 Å². The monoisotopic (exact) mass is 341 g/mol. The molecule has 0 bridgehead atoms. The molecule has 0 saturated carbocycles. The molecule has 0 saturated heterocycles. The van der Waals surface area contributed by atoms with Gasteiger partial charge in [-0.2, -0.15) is 5.26 Å². The van der Waals surface area contributed by atoms with Crippen LogP contribution >= 0.6 is 11.6 Å². The van der Waals surface area contributed by atoms with Crippen LogP contribution in [0, 0.1) is 18.3 Å². The zero-order valence-electron chi connectivity index (χ0n) is 13.3. The van der Waals surface area contributed by atoms with Gasteiger partial charge in [0.15, 0.2) is 0 Å². The summed E-state index contributed by atoms with van der Waals surface area (Å²) in [5.74, 6) is -0.140. The van der Waals surface area contributed by atoms with Crippen LogP contribution < -0.4 is 16.0 Å². The Morgan fingerprint density at radius 3 is 2.62 bits per heavy atom. The molecule has 1 aliphatic rings. The average Bonchev–Trinajstić information content (AvgIpc) is 2.54. The van der Waals surface area contributed by atoms with Crippen LogP contribution in [0.4, 0.5) is 0 Å². The molecule has 0 radical (unpaired) electrons. The highest BCUT2D eigenvalue weighted by Gasteiger charge is 2.34. The van der Waals surface area contributed by atoms with Crippen molar-refractivity contribution in [3.63, 3.8) is 0 Å². The van der Waals surface area contributed by atoms with Crippen molar-refractivity contribution in [2.75, 3.05) is 0 Å². The van der Waals surface area contributed by atoms with Gasteiger partial charge in [0.2, 0.25) is 5.88 Å². The summed E-state index contributed by atoms with van der Waals surface area (Å²) in [5, 5.41) is 10.1. The quantitative estimate of drug-likeness (QED) is 0.910. The Kier molecular flexibility index (Phi) is 4.08. The summed E-state index contributed by atoms with van der Waals surface area (Å²) in [7, 11) is 0. The molecule has 6 heteroatoms. The maximum absolute atomic E-state index is 13.0. The van der Waals surface area contributed by atoms with Gasteiger partial charge in [0.25, 0.3) is 5.56 Å². The van der Waals surface area contributed by atoms with Crippen LogP contribution in [0.15, 0.2) is 46.6 Å². The van der Waals surface area contributed by atoms with Crippen molar-refractivity contribution in [1.29, 1.82) is 5.26 Å². The van der Waals surface area contributed by atoms with Gasteiger partial charge in [-0.15, -0.1) is 0 Å². The Morgan fingerprint density at radius 1 is 1.38 bits per heavy atom. The number of allylic oxidation sites excluding steroid dienone is 1. The number of nitriles is 1. The minimum absolute atomic E-state index is 0.0259. The molecule has 0 fully saturated rings. The summed E-state index contributed by atoms with van der Waals surface area (Å²) in [6, 6.07) is 10.9. The van der Waals surface area contributed by atoms with Gasteiger partial charge in [0, 0.05) is 23.3 Å². The summed E-state index contributed by atoms with van der Waals surface area (Å²) in [5.41, 5.74) is 7.97. The predicted octanol–water partition coefficient (Wildman–Crippen LogP) is 3.05. The number of nitrogens with two attached hydrogens (primary N) is 1. The summed E-state index contributed by atoms with van der Waals surface area (Å²) in [6.45, 7) is 4.27. The van der Waals surface area contributed by atoms with Crippen LogP contribution in [-0.2, 0) is 6.54 Å². The molecular formula is C18H16ClN3O2. The number of ether oxygens (including phenoxy) is 1. The summed E-state index contributed by atoms with van der Waals surface area (Å²) in [4.78, 5) is 13.0. The minimum Gasteiger partial charge on any atom is -0.440 e. The van der Waals surface area contributed by atoms with Crippen molar-refractivity contribution < 1.29 is 4.74 Å². The summed E-state index contributed by atoms with van der Waals surface area (Å²) in [6.07, 6.45) is 0. The lowest BCUT2D eigenvalue weighted by Gasteiger charge is -2.27. The van der Waals surface area contributed by atoms with Crippen LogP contribution in [0.3, 0.4) is 0 Å². The molecule has 0 unspecified atom stereocenters. The Bertz CT molecular complexity index is 936. The zero-order valence-corrected chi connectivity index (χ0v) is 14.1. The number of pyridine rings is 1. The number of hydrogen-bond donors (Lipinski definition) is 1. The minimum atomic E-state index is -0.568. The van der Waals surface area contributed by atoms with Crippen LogP contribution in [0.5, 0.6) is 5.75 Å². The second-order valence-corrected chi connectivity index (χ2v) is 6.03. The first-order valence-corrected chi connectivity index (χ1v) is 7.93. The van der Waals surface area contributed by atoms with Gasteiger partial charge in [-0.1, -0.05) is 23.7 Å². The van der Waals surface area contributed by atoms with Crippen LogP contribution in [0.25, 0.3) is 0 Å². The Hall–Kier alpha value is -2.71. The van der Waals surface area contributed by atoms with Gasteiger partial charge in [0.05, 0.1) is 11.5 Å². The lowest BCUT2D eigenvalue weighted by Crippen LogP contribution is -2.32. The fraction of sp³-hybridized carbons (Fsp3) is 0.222. The van der Waals surface area contributed by atoms with E-state index < -0.39 is 5.92 Å². The smallest absolute Gasteiger partial charge is 0.258 e. The van der Waals surface area contributed by atoms with Crippen LogP contribution in [-0.4, -0.2) is 4.57 Å². The van der Waals surface area contributed by atoms with Gasteiger partial charge in [-0.25, -0.2) is 0 Å². The normalized spacial score (nSPS) is 16.3. The van der Waals surface area contributed by atoms with Crippen molar-refractivity contribution in [2.24, 2.45) is 5.73 Å². The first kappa shape index (κ1) is 16.2. The third-order valence-corrected chi connectivity index (χ3v) is 4.46. The Morgan fingerprint density at radius 2 is 2.04 bits per heavy atom. The molecular weight excluding hydrogens is 326 g/mol. The van der Waals surface area contributed by atoms with E-state index in [-0.39, 0.29) is 17.0 Å². The number of hydrogen-bond acceptors (Lipinski definition) is 4. The van der Waals surface area contributed by atoms with Crippen LogP contribution in [0.2, 0.25) is 5.02 Å². The van der Waals surface area contributed by atoms with Crippen molar-refractivity contribution in [3.8, 4) is 11.8 Å². The topological polar surface area (TPSA) is 81.0 Å². The molecule has 0 aliphatic carbocycles. The first-order valence-electron chi connectivity index (χ1n) is 7.55. The molecule has 0 spiro atoms. The van der Waals surface area contributed by atoms with Crippen molar-refractivity contribution in [1.82, 2.24) is 4.57 Å². The average molecular weight is 342 g/mol. The van der Waals surface area contributed by atoms with E-state index >= 15 is 0 Å². The van der Waals surface area contributed by atoms with Crippen molar-refractivity contribution >= 4 is 11.6 Å². The van der Waals surface area contributed by atoms with E-state index in [2.05, 4.69) is 6.07 Å². The third kappa shape index (κ3) is 2.45. The number of halogens is 1. The SMILES string of the molecule is CCn1c(C)cc2c(c1=O)[C@H](c1ccc(Cl)cc1)C(C#N)=C(N)O2. The number of aromatic nitrogens is 1. The third-order valence-electron chi connectivity index (χ3n) is 4.21. The lowest BCUT2D eigenvalue weighted by atomic mass is 9.84. The summed E-state index contributed by atoms with van der Waals surface area (Å²) < 4.78 is 7.22. The maximum atomic E-state index is 13.0. The van der Waals surface area contributed by atoms with E-state index in [9.17, 15) is 10.1 Å². The van der Waals surface area contributed by atoms with Gasteiger partial charge in [0.1, 0.15) is 17.4 Å². The molecule has 0 amide bonds. The van der Waals surface area contributed by atoms with E-state index in [1.807, 2.05) is 13.8 Å². The van der Waals surface area contributed by atoms with Crippen molar-refractivity contribution in [3.05, 3.63) is 74.0 Å². The molecule has 1 atom stereocenters. The Balaban J connectivity index is 2.33. The number of benzene rings is 1. The standard InChI is InChI=1S/C18H16ClN3O2/c1-3-22-10(2)8-14-16(18(22)23)15(13(9-20)17(21)24-14)11-4-6-12(19)7-5-11/h4-8,15H,3,21H2,1-2H3/t15-/m1/s1. The second-order valence-electron chi connectivity index (χ2n) is 5.59. The highest BCUT2D eigenvalue weighted by molar-refractivity contribution is 6.30. The largest absolute Gasteiger partial charge is 0.440 e. The molecule has 5 nitrogen and oxygen atoms in total. The van der Waals surface area contributed by atoms with Gasteiger partial charge in [-0.3, -0.25) is 4.79 Å². The summed E-state index contributed by atoms with van der Waals surface area (Å²) >= 11 is 5.96. The van der Waals surface area contributed by atoms with Gasteiger partial charge >= 0.3 is 0 Å². The highest BCUT2D eigenvalue weighted by Crippen LogP contribution is 2.40. The zero-order chi connectivity index (χ0) is 17.4. The van der Waals surface area contributed by atoms with E-state index in [4.69, 9.17) is 22.1 Å². The van der Waals surface area contributed by atoms with E-state index in [0.717, 1.165) is 11.3 Å². The van der Waals surface area contributed by atoms with E-state index in [1.165, 1.54) is 0 Å². The lowest BCUT2D eigenvalue weighted by molar-refractivity contribution is 0.388. The molecule has 2 N–H and O–H groups in total. The fourth-order valence-electron chi connectivity index (χ4n) is 3.07. The number of nitrogens with zero attached hydrogens (tertiary/aromatic N) is 2. The van der Waals surface area contributed by atoms with Gasteiger partial charge in [-0.05, 0) is 31.5 Å². The molecule has 3 rings (SSSR count). The molecule has 1 aromatic heterocycles. The van der Waals surface area contributed by atoms with E-state index in [0.29, 0.717) is 22.9 Å². The molecule has 122 valence electrons. The molecule has 1 aromatic carbocycles. The van der Waals surface area contributed by atoms with Gasteiger partial charge < -0.3 is 15.0 Å². The molecule has 2 heterocycles. The highest BCUT2D eigenvalue weighted by atomic mass is 35.5. The number of fused-ring (bicyclic) bond motifs is 1.